The Balaban J connectivity index is 1.74. The second-order valence-electron chi connectivity index (χ2n) is 6.51. The third-order valence-electron chi connectivity index (χ3n) is 4.47. The molecule has 0 atom stereocenters. The van der Waals surface area contributed by atoms with Crippen LogP contribution in [0.1, 0.15) is 16.1 Å². The van der Waals surface area contributed by atoms with Crippen molar-refractivity contribution in [2.24, 2.45) is 0 Å². The first-order valence-corrected chi connectivity index (χ1v) is 9.26. The predicted octanol–water partition coefficient (Wildman–Crippen LogP) is 2.52. The number of hydrogen-bond donors (Lipinski definition) is 2. The Morgan fingerprint density at radius 2 is 1.97 bits per heavy atom. The smallest absolute Gasteiger partial charge is 0.279 e. The summed E-state index contributed by atoms with van der Waals surface area (Å²) in [5, 5.41) is 13.4. The minimum atomic E-state index is -0.864. The van der Waals surface area contributed by atoms with E-state index < -0.39 is 22.6 Å². The number of nitrogens with zero attached hydrogens (tertiary/aromatic N) is 3. The van der Waals surface area contributed by atoms with Crippen LogP contribution in [0.25, 0.3) is 5.52 Å². The molecule has 3 heterocycles. The van der Waals surface area contributed by atoms with Gasteiger partial charge in [-0.25, -0.2) is 0 Å². The van der Waals surface area contributed by atoms with Crippen LogP contribution < -0.4 is 16.3 Å². The Bertz CT molecular complexity index is 1380. The maximum atomic E-state index is 12.9. The third kappa shape index (κ3) is 3.68. The van der Waals surface area contributed by atoms with E-state index in [1.54, 1.807) is 30.3 Å². The van der Waals surface area contributed by atoms with Crippen molar-refractivity contribution >= 4 is 28.7 Å². The summed E-state index contributed by atoms with van der Waals surface area (Å²) in [6, 6.07) is 11.8. The summed E-state index contributed by atoms with van der Waals surface area (Å²) in [4.78, 5) is 41.6. The van der Waals surface area contributed by atoms with Crippen LogP contribution in [-0.2, 0) is 6.54 Å². The molecule has 1 amide bonds. The standard InChI is InChI=1S/C21H15ClN4O4/c22-14-5-3-4-13(10-14)11-26-9-8-25-12-16(18(27)19(28)17(25)21(26)30)24-20(29)15-6-1-2-7-23-15/h1-10,12,28H,11H2,(H,24,29). The lowest BCUT2D eigenvalue weighted by molar-refractivity contribution is 0.102. The fourth-order valence-corrected chi connectivity index (χ4v) is 3.25. The number of anilines is 1. The molecule has 4 rings (SSSR count). The van der Waals surface area contributed by atoms with Crippen molar-refractivity contribution in [1.82, 2.24) is 14.0 Å². The van der Waals surface area contributed by atoms with E-state index in [-0.39, 0.29) is 23.4 Å². The van der Waals surface area contributed by atoms with E-state index in [0.717, 1.165) is 5.56 Å². The van der Waals surface area contributed by atoms with Gasteiger partial charge in [0.1, 0.15) is 11.4 Å². The second kappa shape index (κ2) is 7.84. The van der Waals surface area contributed by atoms with Gasteiger partial charge in [0.2, 0.25) is 5.43 Å². The first-order valence-electron chi connectivity index (χ1n) is 8.88. The van der Waals surface area contributed by atoms with Crippen LogP contribution in [0, 0.1) is 0 Å². The minimum Gasteiger partial charge on any atom is -0.502 e. The first kappa shape index (κ1) is 19.4. The maximum absolute atomic E-state index is 12.9. The maximum Gasteiger partial charge on any atom is 0.279 e. The van der Waals surface area contributed by atoms with Gasteiger partial charge in [-0.1, -0.05) is 29.8 Å². The molecular formula is C21H15ClN4O4. The SMILES string of the molecule is O=C(Nc1cn2ccn(Cc3cccc(Cl)c3)c(=O)c2c(O)c1=O)c1ccccn1. The Kier molecular flexibility index (Phi) is 5.07. The molecule has 9 heteroatoms. The van der Waals surface area contributed by atoms with E-state index >= 15 is 0 Å². The number of aromatic hydroxyl groups is 1. The monoisotopic (exact) mass is 422 g/mol. The topological polar surface area (TPSA) is 106 Å². The van der Waals surface area contributed by atoms with Crippen molar-refractivity contribution < 1.29 is 9.90 Å². The Hall–Kier alpha value is -3.91. The van der Waals surface area contributed by atoms with Crippen molar-refractivity contribution in [2.45, 2.75) is 6.54 Å². The molecule has 0 saturated heterocycles. The Labute approximate surface area is 174 Å². The minimum absolute atomic E-state index is 0.110. The molecule has 0 saturated carbocycles. The molecule has 0 aliphatic rings. The highest BCUT2D eigenvalue weighted by Crippen LogP contribution is 2.16. The fraction of sp³-hybridized carbons (Fsp3) is 0.0476. The highest BCUT2D eigenvalue weighted by molar-refractivity contribution is 6.30. The third-order valence-corrected chi connectivity index (χ3v) is 4.70. The van der Waals surface area contributed by atoms with Crippen molar-refractivity contribution in [1.29, 1.82) is 0 Å². The molecule has 2 N–H and O–H groups in total. The summed E-state index contributed by atoms with van der Waals surface area (Å²) in [7, 11) is 0. The van der Waals surface area contributed by atoms with Crippen LogP contribution in [0.3, 0.4) is 0 Å². The number of nitrogens with one attached hydrogen (secondary N) is 1. The van der Waals surface area contributed by atoms with Gasteiger partial charge in [0.25, 0.3) is 11.5 Å². The van der Waals surface area contributed by atoms with Gasteiger partial charge >= 0.3 is 0 Å². The first-order chi connectivity index (χ1) is 14.4. The molecule has 30 heavy (non-hydrogen) atoms. The summed E-state index contributed by atoms with van der Waals surface area (Å²) in [5.41, 5.74) is -0.895. The lowest BCUT2D eigenvalue weighted by Gasteiger charge is -2.11. The highest BCUT2D eigenvalue weighted by Gasteiger charge is 2.17. The Morgan fingerprint density at radius 3 is 2.70 bits per heavy atom. The number of rotatable bonds is 4. The number of pyridine rings is 2. The van der Waals surface area contributed by atoms with E-state index in [0.29, 0.717) is 5.02 Å². The lowest BCUT2D eigenvalue weighted by Crippen LogP contribution is -2.26. The molecule has 4 aromatic rings. The van der Waals surface area contributed by atoms with E-state index in [2.05, 4.69) is 10.3 Å². The molecule has 0 fully saturated rings. The number of benzene rings is 1. The summed E-state index contributed by atoms with van der Waals surface area (Å²) in [6.45, 7) is 0.210. The van der Waals surface area contributed by atoms with E-state index in [1.807, 2.05) is 6.07 Å². The van der Waals surface area contributed by atoms with Gasteiger partial charge < -0.3 is 19.4 Å². The number of fused-ring (bicyclic) bond motifs is 1. The molecule has 3 aromatic heterocycles. The van der Waals surface area contributed by atoms with Crippen LogP contribution in [0.2, 0.25) is 5.02 Å². The van der Waals surface area contributed by atoms with Crippen LogP contribution in [0.5, 0.6) is 5.75 Å². The molecule has 0 aliphatic carbocycles. The average Bonchev–Trinajstić information content (AvgIpc) is 2.74. The highest BCUT2D eigenvalue weighted by atomic mass is 35.5. The molecule has 0 aliphatic heterocycles. The van der Waals surface area contributed by atoms with Gasteiger partial charge in [-0.05, 0) is 29.8 Å². The van der Waals surface area contributed by atoms with Crippen molar-refractivity contribution in [3.63, 3.8) is 0 Å². The fourth-order valence-electron chi connectivity index (χ4n) is 3.03. The zero-order valence-corrected chi connectivity index (χ0v) is 16.2. The number of aromatic nitrogens is 3. The normalized spacial score (nSPS) is 10.8. The van der Waals surface area contributed by atoms with Gasteiger partial charge in [0.05, 0.1) is 6.54 Å². The van der Waals surface area contributed by atoms with Crippen LogP contribution in [0.4, 0.5) is 5.69 Å². The molecule has 0 bridgehead atoms. The van der Waals surface area contributed by atoms with Gasteiger partial charge in [-0.2, -0.15) is 0 Å². The van der Waals surface area contributed by atoms with Gasteiger partial charge in [-0.3, -0.25) is 19.4 Å². The van der Waals surface area contributed by atoms with Crippen molar-refractivity contribution in [3.05, 3.63) is 104 Å². The van der Waals surface area contributed by atoms with Crippen molar-refractivity contribution in [3.8, 4) is 5.75 Å². The number of hydrogen-bond acceptors (Lipinski definition) is 5. The molecule has 0 spiro atoms. The quantitative estimate of drug-likeness (QED) is 0.525. The predicted molar refractivity (Wildman–Crippen MR) is 112 cm³/mol. The average molecular weight is 423 g/mol. The number of carbonyl (C=O) groups is 1. The lowest BCUT2D eigenvalue weighted by atomic mass is 10.2. The molecule has 0 radical (unpaired) electrons. The van der Waals surface area contributed by atoms with E-state index in [4.69, 9.17) is 11.6 Å². The largest absolute Gasteiger partial charge is 0.502 e. The zero-order chi connectivity index (χ0) is 21.3. The molecule has 150 valence electrons. The Morgan fingerprint density at radius 1 is 1.13 bits per heavy atom. The van der Waals surface area contributed by atoms with Gasteiger partial charge in [0, 0.05) is 29.8 Å². The number of halogens is 1. The van der Waals surface area contributed by atoms with E-state index in [1.165, 1.54) is 39.8 Å². The number of carbonyl (C=O) groups excluding carboxylic acids is 1. The van der Waals surface area contributed by atoms with Crippen molar-refractivity contribution in [2.75, 3.05) is 5.32 Å². The molecule has 0 unspecified atom stereocenters. The van der Waals surface area contributed by atoms with Crippen LogP contribution in [0.15, 0.2) is 76.8 Å². The molecule has 8 nitrogen and oxygen atoms in total. The second-order valence-corrected chi connectivity index (χ2v) is 6.94. The zero-order valence-electron chi connectivity index (χ0n) is 15.4. The summed E-state index contributed by atoms with van der Waals surface area (Å²) >= 11 is 5.98. The number of amides is 1. The molecular weight excluding hydrogens is 408 g/mol. The van der Waals surface area contributed by atoms with Crippen LogP contribution >= 0.6 is 11.6 Å². The van der Waals surface area contributed by atoms with Gasteiger partial charge in [-0.15, -0.1) is 0 Å². The van der Waals surface area contributed by atoms with E-state index in [9.17, 15) is 19.5 Å². The molecule has 1 aromatic carbocycles. The van der Waals surface area contributed by atoms with Gasteiger partial charge in [0.15, 0.2) is 11.3 Å². The summed E-state index contributed by atoms with van der Waals surface area (Å²) < 4.78 is 2.65. The summed E-state index contributed by atoms with van der Waals surface area (Å²) in [5.74, 6) is -1.36. The summed E-state index contributed by atoms with van der Waals surface area (Å²) in [6.07, 6.45) is 5.76. The van der Waals surface area contributed by atoms with Crippen LogP contribution in [-0.4, -0.2) is 25.0 Å².